The van der Waals surface area contributed by atoms with Crippen LogP contribution in [0.15, 0.2) is 30.3 Å². The van der Waals surface area contributed by atoms with Gasteiger partial charge in [-0.3, -0.25) is 14.4 Å². The molecule has 7 heteroatoms. The normalized spacial score (nSPS) is 15.6. The summed E-state index contributed by atoms with van der Waals surface area (Å²) in [7, 11) is 0. The van der Waals surface area contributed by atoms with E-state index < -0.39 is 5.92 Å². The molecule has 37 heavy (non-hydrogen) atoms. The second-order valence-corrected chi connectivity index (χ2v) is 9.79. The van der Waals surface area contributed by atoms with Crippen LogP contribution in [0.25, 0.3) is 6.08 Å². The lowest BCUT2D eigenvalue weighted by Gasteiger charge is -2.19. The quantitative estimate of drug-likeness (QED) is 0.166. The number of rotatable bonds is 18. The fraction of sp³-hybridized carbons (Fsp3) is 0.633. The van der Waals surface area contributed by atoms with Crippen molar-refractivity contribution < 1.29 is 19.1 Å². The Morgan fingerprint density at radius 1 is 1.05 bits per heavy atom. The molecule has 1 aromatic rings. The molecule has 7 nitrogen and oxygen atoms in total. The van der Waals surface area contributed by atoms with Crippen LogP contribution in [0.1, 0.15) is 84.1 Å². The average Bonchev–Trinajstić information content (AvgIpc) is 3.30. The minimum absolute atomic E-state index is 0.0880. The topological polar surface area (TPSA) is 79.0 Å². The van der Waals surface area contributed by atoms with Crippen LogP contribution in [0.4, 0.5) is 5.69 Å². The summed E-state index contributed by atoms with van der Waals surface area (Å²) in [5.41, 5.74) is 1.56. The summed E-state index contributed by atoms with van der Waals surface area (Å²) in [5, 5.41) is 2.95. The van der Waals surface area contributed by atoms with Crippen LogP contribution in [0, 0.1) is 5.92 Å². The van der Waals surface area contributed by atoms with Crippen LogP contribution < -0.4 is 10.2 Å². The Labute approximate surface area is 223 Å². The molecule has 0 aromatic heterocycles. The number of hydrogen-bond acceptors (Lipinski definition) is 5. The first-order valence-electron chi connectivity index (χ1n) is 14.2. The minimum Gasteiger partial charge on any atom is -0.464 e. The molecule has 0 radical (unpaired) electrons. The van der Waals surface area contributed by atoms with Gasteiger partial charge < -0.3 is 19.9 Å². The van der Waals surface area contributed by atoms with Crippen LogP contribution in [0.5, 0.6) is 0 Å². The highest BCUT2D eigenvalue weighted by atomic mass is 16.5. The van der Waals surface area contributed by atoms with Crippen LogP contribution in [0.2, 0.25) is 0 Å². The van der Waals surface area contributed by atoms with Crippen molar-refractivity contribution in [3.8, 4) is 0 Å². The van der Waals surface area contributed by atoms with Gasteiger partial charge in [0, 0.05) is 37.8 Å². The van der Waals surface area contributed by atoms with Gasteiger partial charge in [-0.05, 0) is 43.3 Å². The Bertz CT molecular complexity index is 866. The number of carbonyl (C=O) groups is 3. The number of benzene rings is 1. The summed E-state index contributed by atoms with van der Waals surface area (Å²) in [5.74, 6) is -0.967. The second kappa shape index (κ2) is 17.7. The van der Waals surface area contributed by atoms with E-state index in [1.54, 1.807) is 11.0 Å². The number of ether oxygens (including phenoxy) is 1. The lowest BCUT2D eigenvalue weighted by atomic mass is 10.1. The number of amides is 2. The monoisotopic (exact) mass is 513 g/mol. The Hall–Kier alpha value is -2.67. The molecule has 1 atom stereocenters. The Balaban J connectivity index is 1.75. The van der Waals surface area contributed by atoms with Gasteiger partial charge in [0.1, 0.15) is 6.61 Å². The fourth-order valence-electron chi connectivity index (χ4n) is 4.55. The van der Waals surface area contributed by atoms with E-state index in [0.29, 0.717) is 26.2 Å². The number of esters is 1. The maximum atomic E-state index is 12.6. The van der Waals surface area contributed by atoms with Crippen LogP contribution in [0.3, 0.4) is 0 Å². The molecule has 1 unspecified atom stereocenters. The fourth-order valence-corrected chi connectivity index (χ4v) is 4.55. The van der Waals surface area contributed by atoms with Crippen LogP contribution in [-0.4, -0.2) is 62.0 Å². The van der Waals surface area contributed by atoms with Gasteiger partial charge in [-0.25, -0.2) is 0 Å². The Morgan fingerprint density at radius 3 is 2.46 bits per heavy atom. The molecule has 1 fully saturated rings. The van der Waals surface area contributed by atoms with E-state index in [0.717, 1.165) is 37.2 Å². The predicted octanol–water partition coefficient (Wildman–Crippen LogP) is 5.19. The van der Waals surface area contributed by atoms with Crippen molar-refractivity contribution in [2.24, 2.45) is 5.92 Å². The molecule has 1 aromatic carbocycles. The maximum absolute atomic E-state index is 12.6. The molecule has 1 aliphatic heterocycles. The van der Waals surface area contributed by atoms with Gasteiger partial charge in [-0.15, -0.1) is 0 Å². The summed E-state index contributed by atoms with van der Waals surface area (Å²) < 4.78 is 5.44. The summed E-state index contributed by atoms with van der Waals surface area (Å²) in [6.45, 7) is 10.2. The highest BCUT2D eigenvalue weighted by Crippen LogP contribution is 2.27. The molecular formula is C30H47N3O4. The molecule has 1 N–H and O–H groups in total. The summed E-state index contributed by atoms with van der Waals surface area (Å²) in [6, 6.07) is 7.47. The summed E-state index contributed by atoms with van der Waals surface area (Å²) in [6.07, 6.45) is 13.3. The van der Waals surface area contributed by atoms with Crippen LogP contribution in [-0.2, 0) is 19.1 Å². The first-order chi connectivity index (χ1) is 18.0. The third-order valence-electron chi connectivity index (χ3n) is 6.94. The third kappa shape index (κ3) is 11.5. The number of nitrogens with one attached hydrogen (secondary N) is 1. The highest BCUT2D eigenvalue weighted by Gasteiger charge is 2.36. The van der Waals surface area contributed by atoms with E-state index in [1.165, 1.54) is 44.6 Å². The Morgan fingerprint density at radius 2 is 1.76 bits per heavy atom. The lowest BCUT2D eigenvalue weighted by molar-refractivity contribution is -0.148. The predicted molar refractivity (Wildman–Crippen MR) is 150 cm³/mol. The number of carbonyl (C=O) groups excluding carboxylic acids is 3. The number of nitrogens with zero attached hydrogens (tertiary/aromatic N) is 2. The number of unbranched alkanes of at least 4 members (excludes halogenated alkanes) is 7. The van der Waals surface area contributed by atoms with Crippen molar-refractivity contribution in [1.29, 1.82) is 0 Å². The molecule has 0 aliphatic carbocycles. The van der Waals surface area contributed by atoms with E-state index >= 15 is 0 Å². The molecule has 2 amide bonds. The van der Waals surface area contributed by atoms with E-state index in [9.17, 15) is 14.4 Å². The smallest absolute Gasteiger partial charge is 0.311 e. The van der Waals surface area contributed by atoms with Gasteiger partial charge in [0.2, 0.25) is 11.8 Å². The zero-order chi connectivity index (χ0) is 26.9. The van der Waals surface area contributed by atoms with Gasteiger partial charge in [0.15, 0.2) is 0 Å². The van der Waals surface area contributed by atoms with Crippen molar-refractivity contribution >= 4 is 29.5 Å². The van der Waals surface area contributed by atoms with E-state index in [1.807, 2.05) is 24.3 Å². The van der Waals surface area contributed by atoms with E-state index in [-0.39, 0.29) is 24.2 Å². The first kappa shape index (κ1) is 30.6. The molecule has 1 aliphatic rings. The van der Waals surface area contributed by atoms with Crippen molar-refractivity contribution in [1.82, 2.24) is 10.2 Å². The SMILES string of the molecule is CCCCCCCCCCNC(=O)/C=C/c1cccc(N2CC(C(=O)OCCN(CC)CC)CC2=O)c1. The summed E-state index contributed by atoms with van der Waals surface area (Å²) >= 11 is 0. The maximum Gasteiger partial charge on any atom is 0.311 e. The molecular weight excluding hydrogens is 466 g/mol. The van der Waals surface area contributed by atoms with Gasteiger partial charge in [-0.1, -0.05) is 77.8 Å². The van der Waals surface area contributed by atoms with Crippen molar-refractivity contribution in [3.63, 3.8) is 0 Å². The van der Waals surface area contributed by atoms with Gasteiger partial charge >= 0.3 is 5.97 Å². The van der Waals surface area contributed by atoms with Crippen LogP contribution >= 0.6 is 0 Å². The molecule has 0 saturated carbocycles. The third-order valence-corrected chi connectivity index (χ3v) is 6.94. The number of anilines is 1. The largest absolute Gasteiger partial charge is 0.464 e. The molecule has 1 heterocycles. The Kier molecular flexibility index (Phi) is 14.6. The molecule has 1 saturated heterocycles. The van der Waals surface area contributed by atoms with Crippen molar-refractivity contribution in [3.05, 3.63) is 35.9 Å². The number of hydrogen-bond donors (Lipinski definition) is 1. The molecule has 0 spiro atoms. The van der Waals surface area contributed by atoms with Crippen molar-refractivity contribution in [2.45, 2.75) is 78.6 Å². The minimum atomic E-state index is -0.453. The van der Waals surface area contributed by atoms with E-state index in [2.05, 4.69) is 31.0 Å². The zero-order valence-corrected chi connectivity index (χ0v) is 23.2. The van der Waals surface area contributed by atoms with Gasteiger partial charge in [0.05, 0.1) is 5.92 Å². The van der Waals surface area contributed by atoms with Crippen molar-refractivity contribution in [2.75, 3.05) is 44.2 Å². The average molecular weight is 514 g/mol. The number of likely N-dealkylation sites (N-methyl/N-ethyl adjacent to an activating group) is 1. The first-order valence-corrected chi connectivity index (χ1v) is 14.2. The second-order valence-electron chi connectivity index (χ2n) is 9.79. The van der Waals surface area contributed by atoms with Gasteiger partial charge in [-0.2, -0.15) is 0 Å². The van der Waals surface area contributed by atoms with E-state index in [4.69, 9.17) is 4.74 Å². The zero-order valence-electron chi connectivity index (χ0n) is 23.2. The summed E-state index contributed by atoms with van der Waals surface area (Å²) in [4.78, 5) is 41.1. The van der Waals surface area contributed by atoms with Gasteiger partial charge in [0.25, 0.3) is 0 Å². The highest BCUT2D eigenvalue weighted by molar-refractivity contribution is 5.99. The standard InChI is InChI=1S/C30H47N3O4/c1-4-7-8-9-10-11-12-13-19-31-28(34)18-17-25-15-14-16-27(22-25)33-24-26(23-29(33)35)30(36)37-21-20-32(5-2)6-3/h14-18,22,26H,4-13,19-21,23-24H2,1-3H3,(H,31,34)/b18-17+. The molecule has 0 bridgehead atoms. The lowest BCUT2D eigenvalue weighted by Crippen LogP contribution is -2.30. The molecule has 206 valence electrons. The molecule has 2 rings (SSSR count).